The molecule has 0 atom stereocenters. The molecule has 4 aromatic rings. The van der Waals surface area contributed by atoms with Gasteiger partial charge in [-0.05, 0) is 43.4 Å². The molecule has 8 heteroatoms. The summed E-state index contributed by atoms with van der Waals surface area (Å²) in [5.74, 6) is 1.04. The Morgan fingerprint density at radius 2 is 1.62 bits per heavy atom. The molecule has 1 saturated carbocycles. The highest BCUT2D eigenvalue weighted by Crippen LogP contribution is 2.33. The number of hydrogen-bond donors (Lipinski definition) is 0. The maximum absolute atomic E-state index is 12.2. The van der Waals surface area contributed by atoms with Crippen LogP contribution in [-0.4, -0.2) is 54.8 Å². The lowest BCUT2D eigenvalue weighted by molar-refractivity contribution is -0.134. The molecule has 3 aromatic heterocycles. The first-order valence-corrected chi connectivity index (χ1v) is 11.5. The molecule has 1 fully saturated rings. The summed E-state index contributed by atoms with van der Waals surface area (Å²) >= 11 is 0. The molecule has 1 amide bonds. The van der Waals surface area contributed by atoms with E-state index in [2.05, 4.69) is 37.5 Å². The van der Waals surface area contributed by atoms with Crippen molar-refractivity contribution in [3.8, 4) is 33.6 Å². The average Bonchev–Trinajstić information content (AvgIpc) is 3.39. The molecule has 1 aliphatic carbocycles. The van der Waals surface area contributed by atoms with Crippen molar-refractivity contribution in [2.24, 2.45) is 5.92 Å². The monoisotopic (exact) mass is 453 g/mol. The predicted molar refractivity (Wildman–Crippen MR) is 129 cm³/mol. The van der Waals surface area contributed by atoms with E-state index < -0.39 is 0 Å². The van der Waals surface area contributed by atoms with Gasteiger partial charge >= 0.3 is 0 Å². The van der Waals surface area contributed by atoms with Crippen LogP contribution in [0, 0.1) is 5.92 Å². The summed E-state index contributed by atoms with van der Waals surface area (Å²) in [5.41, 5.74) is 4.92. The fourth-order valence-electron chi connectivity index (χ4n) is 4.56. The van der Waals surface area contributed by atoms with Crippen LogP contribution in [0.15, 0.2) is 67.5 Å². The van der Waals surface area contributed by atoms with Gasteiger partial charge in [0.1, 0.15) is 0 Å². The van der Waals surface area contributed by atoms with Crippen LogP contribution >= 0.6 is 0 Å². The minimum Gasteiger partial charge on any atom is -0.349 e. The number of nitrogens with zero attached hydrogens (tertiary/aromatic N) is 7. The molecule has 0 aliphatic heterocycles. The number of aromatic nitrogens is 6. The van der Waals surface area contributed by atoms with E-state index in [9.17, 15) is 4.79 Å². The van der Waals surface area contributed by atoms with Crippen LogP contribution in [0.2, 0.25) is 0 Å². The Morgan fingerprint density at radius 1 is 0.853 bits per heavy atom. The van der Waals surface area contributed by atoms with Gasteiger partial charge in [-0.15, -0.1) is 0 Å². The zero-order valence-electron chi connectivity index (χ0n) is 19.4. The maximum atomic E-state index is 12.2. The highest BCUT2D eigenvalue weighted by atomic mass is 16.2. The highest BCUT2D eigenvalue weighted by Gasteiger charge is 2.28. The molecule has 0 spiro atoms. The van der Waals surface area contributed by atoms with Gasteiger partial charge in [-0.25, -0.2) is 9.97 Å². The summed E-state index contributed by atoms with van der Waals surface area (Å²) in [4.78, 5) is 23.2. The van der Waals surface area contributed by atoms with E-state index in [1.807, 2.05) is 61.6 Å². The molecule has 8 nitrogen and oxygen atoms in total. The number of carbonyl (C=O) groups is 1. The first-order chi connectivity index (χ1) is 16.6. The normalized spacial score (nSPS) is 17.9. The van der Waals surface area contributed by atoms with Crippen molar-refractivity contribution >= 4 is 5.91 Å². The molecule has 172 valence electrons. The molecule has 0 radical (unpaired) electrons. The second-order valence-electron chi connectivity index (χ2n) is 8.95. The van der Waals surface area contributed by atoms with Gasteiger partial charge in [-0.3, -0.25) is 9.48 Å². The molecule has 0 N–H and O–H groups in total. The predicted octanol–water partition coefficient (Wildman–Crippen LogP) is 4.28. The first kappa shape index (κ1) is 21.9. The van der Waals surface area contributed by atoms with Crippen LogP contribution in [-0.2, 0) is 4.79 Å². The lowest BCUT2D eigenvalue weighted by atomic mass is 9.85. The Bertz CT molecular complexity index is 1260. The zero-order valence-corrected chi connectivity index (χ0v) is 19.4. The minimum atomic E-state index is 0.135. The van der Waals surface area contributed by atoms with Gasteiger partial charge in [-0.2, -0.15) is 15.3 Å². The van der Waals surface area contributed by atoms with Crippen LogP contribution in [0.25, 0.3) is 33.6 Å². The fraction of sp³-hybridized carbons (Fsp3) is 0.308. The van der Waals surface area contributed by atoms with Crippen LogP contribution < -0.4 is 0 Å². The lowest BCUT2D eigenvalue weighted by Gasteiger charge is -2.29. The summed E-state index contributed by atoms with van der Waals surface area (Å²) in [6.45, 7) is 0. The number of benzene rings is 1. The van der Waals surface area contributed by atoms with E-state index >= 15 is 0 Å². The highest BCUT2D eigenvalue weighted by molar-refractivity contribution is 5.78. The van der Waals surface area contributed by atoms with Crippen LogP contribution in [0.5, 0.6) is 0 Å². The van der Waals surface area contributed by atoms with Crippen molar-refractivity contribution in [2.45, 2.75) is 31.7 Å². The van der Waals surface area contributed by atoms with Gasteiger partial charge in [0.25, 0.3) is 0 Å². The average molecular weight is 454 g/mol. The summed E-state index contributed by atoms with van der Waals surface area (Å²) in [7, 11) is 3.66. The molecule has 0 bridgehead atoms. The molecular weight excluding hydrogens is 426 g/mol. The third-order valence-corrected chi connectivity index (χ3v) is 6.49. The van der Waals surface area contributed by atoms with Crippen LogP contribution in [0.1, 0.15) is 31.7 Å². The number of carbonyl (C=O) groups excluding carboxylic acids is 1. The molecule has 34 heavy (non-hydrogen) atoms. The summed E-state index contributed by atoms with van der Waals surface area (Å²) in [6.07, 6.45) is 14.8. The van der Waals surface area contributed by atoms with Crippen LogP contribution in [0.3, 0.4) is 0 Å². The topological polar surface area (TPSA) is 89.7 Å². The molecule has 3 heterocycles. The Hall–Kier alpha value is -3.94. The molecular formula is C26H27N7O. The number of hydrogen-bond acceptors (Lipinski definition) is 6. The van der Waals surface area contributed by atoms with E-state index in [1.54, 1.807) is 17.3 Å². The Balaban J connectivity index is 1.28. The van der Waals surface area contributed by atoms with E-state index in [0.717, 1.165) is 53.5 Å². The van der Waals surface area contributed by atoms with Gasteiger partial charge in [0.2, 0.25) is 5.91 Å². The van der Waals surface area contributed by atoms with Gasteiger partial charge in [0.05, 0.1) is 24.6 Å². The smallest absolute Gasteiger partial charge is 0.225 e. The second-order valence-corrected chi connectivity index (χ2v) is 8.95. The molecule has 1 aliphatic rings. The number of rotatable bonds is 5. The molecule has 1 aromatic carbocycles. The maximum Gasteiger partial charge on any atom is 0.225 e. The largest absolute Gasteiger partial charge is 0.349 e. The van der Waals surface area contributed by atoms with Gasteiger partial charge in [-0.1, -0.05) is 18.2 Å². The first-order valence-electron chi connectivity index (χ1n) is 11.5. The Morgan fingerprint density at radius 3 is 2.32 bits per heavy atom. The summed E-state index contributed by atoms with van der Waals surface area (Å²) in [6, 6.07) is 10.3. The minimum absolute atomic E-state index is 0.135. The SMILES string of the molecule is CN(C)C(=O)C1CCC(n2cc(-c3cnc(-c4cccc(-c5ccnnc5)c4)nc3)cn2)CC1. The van der Waals surface area contributed by atoms with Crippen molar-refractivity contribution in [3.05, 3.63) is 67.5 Å². The van der Waals surface area contributed by atoms with E-state index in [4.69, 9.17) is 0 Å². The number of amides is 1. The van der Waals surface area contributed by atoms with Gasteiger partial charge in [0, 0.05) is 60.9 Å². The van der Waals surface area contributed by atoms with Crippen molar-refractivity contribution < 1.29 is 4.79 Å². The van der Waals surface area contributed by atoms with Crippen molar-refractivity contribution in [1.82, 2.24) is 34.8 Å². The van der Waals surface area contributed by atoms with Gasteiger partial charge in [0.15, 0.2) is 5.82 Å². The standard InChI is InChI=1S/C26H27N7O/c1-32(2)26(34)18-6-8-24(9-7-18)33-17-23(16-31-33)22-13-27-25(28-14-22)20-5-3-4-19(12-20)21-10-11-29-30-15-21/h3-5,10-18,24H,6-9H2,1-2H3. The fourth-order valence-corrected chi connectivity index (χ4v) is 4.56. The van der Waals surface area contributed by atoms with E-state index in [0.29, 0.717) is 11.9 Å². The Kier molecular flexibility index (Phi) is 6.12. The lowest BCUT2D eigenvalue weighted by Crippen LogP contribution is -2.32. The van der Waals surface area contributed by atoms with E-state index in [1.165, 1.54) is 0 Å². The molecule has 0 unspecified atom stereocenters. The summed E-state index contributed by atoms with van der Waals surface area (Å²) in [5, 5.41) is 12.4. The van der Waals surface area contributed by atoms with Crippen molar-refractivity contribution in [3.63, 3.8) is 0 Å². The third kappa shape index (κ3) is 4.57. The van der Waals surface area contributed by atoms with Gasteiger partial charge < -0.3 is 4.90 Å². The third-order valence-electron chi connectivity index (χ3n) is 6.49. The van der Waals surface area contributed by atoms with Crippen molar-refractivity contribution in [2.75, 3.05) is 14.1 Å². The summed E-state index contributed by atoms with van der Waals surface area (Å²) < 4.78 is 2.03. The van der Waals surface area contributed by atoms with E-state index in [-0.39, 0.29) is 11.8 Å². The van der Waals surface area contributed by atoms with Crippen LogP contribution in [0.4, 0.5) is 0 Å². The quantitative estimate of drug-likeness (QED) is 0.448. The van der Waals surface area contributed by atoms with Crippen molar-refractivity contribution in [1.29, 1.82) is 0 Å². The Labute approximate surface area is 198 Å². The second kappa shape index (κ2) is 9.51. The molecule has 5 rings (SSSR count). The zero-order chi connectivity index (χ0) is 23.5. The molecule has 0 saturated heterocycles.